The van der Waals surface area contributed by atoms with Gasteiger partial charge in [-0.25, -0.2) is 8.78 Å². The van der Waals surface area contributed by atoms with Gasteiger partial charge in [0, 0.05) is 0 Å². The fourth-order valence-electron chi connectivity index (χ4n) is 1.24. The first-order chi connectivity index (χ1) is 9.08. The van der Waals surface area contributed by atoms with Crippen molar-refractivity contribution in [2.75, 3.05) is 0 Å². The number of nitrogens with two attached hydrogens (primary N) is 2. The molecule has 0 aliphatic heterocycles. The molecule has 2 unspecified atom stereocenters. The molecule has 2 atom stereocenters. The van der Waals surface area contributed by atoms with Gasteiger partial charge in [-0.15, -0.1) is 0 Å². The second-order valence-corrected chi connectivity index (χ2v) is 6.70. The molecule has 0 rings (SSSR count). The molecule has 0 aromatic carbocycles. The largest absolute Gasteiger partial charge is 0.459 e. The molecule has 8 heteroatoms. The zero-order chi connectivity index (χ0) is 17.2. The summed E-state index contributed by atoms with van der Waals surface area (Å²) in [6, 6.07) is -4.72. The van der Waals surface area contributed by atoms with Gasteiger partial charge < -0.3 is 20.9 Å². The summed E-state index contributed by atoms with van der Waals surface area (Å²) in [5.74, 6) is -6.68. The maximum absolute atomic E-state index is 14.0. The number of hydrogen-bond donors (Lipinski definition) is 2. The topological polar surface area (TPSA) is 105 Å². The van der Waals surface area contributed by atoms with Crippen molar-refractivity contribution < 1.29 is 27.8 Å². The predicted molar refractivity (Wildman–Crippen MR) is 72.6 cm³/mol. The summed E-state index contributed by atoms with van der Waals surface area (Å²) >= 11 is 0. The minimum Gasteiger partial charge on any atom is -0.459 e. The minimum atomic E-state index is -4.00. The summed E-state index contributed by atoms with van der Waals surface area (Å²) in [7, 11) is 0. The Morgan fingerprint density at radius 1 is 0.810 bits per heavy atom. The van der Waals surface area contributed by atoms with Crippen molar-refractivity contribution in [1.82, 2.24) is 0 Å². The highest BCUT2D eigenvalue weighted by Gasteiger charge is 2.53. The van der Waals surface area contributed by atoms with E-state index in [1.54, 1.807) is 0 Å². The van der Waals surface area contributed by atoms with E-state index in [0.717, 1.165) is 0 Å². The first-order valence-electron chi connectivity index (χ1n) is 6.42. The van der Waals surface area contributed by atoms with Crippen molar-refractivity contribution >= 4 is 11.9 Å². The van der Waals surface area contributed by atoms with E-state index in [1.807, 2.05) is 0 Å². The predicted octanol–water partition coefficient (Wildman–Crippen LogP) is 0.960. The van der Waals surface area contributed by atoms with Crippen LogP contribution in [-0.2, 0) is 19.1 Å². The van der Waals surface area contributed by atoms with Crippen LogP contribution in [-0.4, -0.2) is 41.1 Å². The molecule has 0 aromatic rings. The van der Waals surface area contributed by atoms with Gasteiger partial charge in [-0.05, 0) is 41.5 Å². The van der Waals surface area contributed by atoms with Crippen LogP contribution in [0.2, 0.25) is 0 Å². The highest BCUT2D eigenvalue weighted by Crippen LogP contribution is 2.25. The zero-order valence-corrected chi connectivity index (χ0v) is 13.2. The van der Waals surface area contributed by atoms with Gasteiger partial charge >= 0.3 is 11.9 Å². The average molecular weight is 310 g/mol. The second-order valence-electron chi connectivity index (χ2n) is 6.70. The van der Waals surface area contributed by atoms with Crippen LogP contribution in [0.15, 0.2) is 0 Å². The van der Waals surface area contributed by atoms with E-state index in [-0.39, 0.29) is 0 Å². The number of halogens is 2. The number of carbonyl (C=O) groups is 2. The third-order valence-electron chi connectivity index (χ3n) is 2.15. The maximum Gasteiger partial charge on any atom is 0.329 e. The molecular formula is C13H24F2N2O4. The third-order valence-corrected chi connectivity index (χ3v) is 2.15. The zero-order valence-electron chi connectivity index (χ0n) is 13.2. The summed E-state index contributed by atoms with van der Waals surface area (Å²) in [5, 5.41) is 0. The van der Waals surface area contributed by atoms with Crippen LogP contribution < -0.4 is 11.5 Å². The lowest BCUT2D eigenvalue weighted by atomic mass is 10.0. The van der Waals surface area contributed by atoms with Gasteiger partial charge in [0.2, 0.25) is 0 Å². The number of ether oxygens (including phenoxy) is 2. The van der Waals surface area contributed by atoms with Gasteiger partial charge in [0.25, 0.3) is 5.92 Å². The molecule has 0 aliphatic rings. The average Bonchev–Trinajstić information content (AvgIpc) is 2.21. The number of rotatable bonds is 4. The van der Waals surface area contributed by atoms with Gasteiger partial charge in [0.05, 0.1) is 0 Å². The molecule has 0 bridgehead atoms. The van der Waals surface area contributed by atoms with E-state index in [2.05, 4.69) is 0 Å². The highest BCUT2D eigenvalue weighted by molar-refractivity contribution is 5.82. The monoisotopic (exact) mass is 310 g/mol. The Bertz CT molecular complexity index is 364. The van der Waals surface area contributed by atoms with Crippen molar-refractivity contribution in [3.63, 3.8) is 0 Å². The Kier molecular flexibility index (Phi) is 5.85. The molecule has 4 N–H and O–H groups in total. The molecule has 0 aliphatic carbocycles. The fourth-order valence-corrected chi connectivity index (χ4v) is 1.24. The molecule has 0 saturated heterocycles. The minimum absolute atomic E-state index is 0.985. The van der Waals surface area contributed by atoms with Crippen molar-refractivity contribution in [3.05, 3.63) is 0 Å². The molecule has 0 radical (unpaired) electrons. The summed E-state index contributed by atoms with van der Waals surface area (Å²) in [6.45, 7) is 9.02. The van der Waals surface area contributed by atoms with Gasteiger partial charge in [0.15, 0.2) is 12.1 Å². The van der Waals surface area contributed by atoms with E-state index in [1.165, 1.54) is 41.5 Å². The fraction of sp³-hybridized carbons (Fsp3) is 0.846. The van der Waals surface area contributed by atoms with Crippen LogP contribution in [0.1, 0.15) is 41.5 Å². The van der Waals surface area contributed by atoms with Crippen LogP contribution in [0, 0.1) is 0 Å². The highest BCUT2D eigenvalue weighted by atomic mass is 19.3. The molecule has 0 fully saturated rings. The van der Waals surface area contributed by atoms with Crippen molar-refractivity contribution in [2.24, 2.45) is 11.5 Å². The van der Waals surface area contributed by atoms with E-state index < -0.39 is 41.1 Å². The Balaban J connectivity index is 5.01. The third kappa shape index (κ3) is 6.34. The molecule has 0 amide bonds. The number of esters is 2. The van der Waals surface area contributed by atoms with Crippen molar-refractivity contribution in [2.45, 2.75) is 70.8 Å². The van der Waals surface area contributed by atoms with Gasteiger partial charge in [-0.1, -0.05) is 0 Å². The van der Waals surface area contributed by atoms with E-state index in [0.29, 0.717) is 0 Å². The van der Waals surface area contributed by atoms with E-state index in [9.17, 15) is 18.4 Å². The molecule has 21 heavy (non-hydrogen) atoms. The lowest BCUT2D eigenvalue weighted by Gasteiger charge is -2.30. The van der Waals surface area contributed by atoms with E-state index >= 15 is 0 Å². The maximum atomic E-state index is 14.0. The molecule has 6 nitrogen and oxygen atoms in total. The summed E-state index contributed by atoms with van der Waals surface area (Å²) in [6.07, 6.45) is 0. The summed E-state index contributed by atoms with van der Waals surface area (Å²) in [4.78, 5) is 23.2. The SMILES string of the molecule is CC(C)(C)OC(=O)C(N)C(F)(F)C(N)C(=O)OC(C)(C)C. The molecular weight excluding hydrogens is 286 g/mol. The Morgan fingerprint density at radius 3 is 1.24 bits per heavy atom. The Hall–Kier alpha value is -1.28. The van der Waals surface area contributed by atoms with Gasteiger partial charge in [-0.2, -0.15) is 0 Å². The van der Waals surface area contributed by atoms with Crippen LogP contribution in [0.3, 0.4) is 0 Å². The Labute approximate surface area is 123 Å². The molecule has 0 aromatic heterocycles. The standard InChI is InChI=1S/C13H24F2N2O4/c1-11(2,3)20-9(18)7(16)13(14,15)8(17)10(19)21-12(4,5)6/h7-8H,16-17H2,1-6H3. The van der Waals surface area contributed by atoms with Gasteiger partial charge in [-0.3, -0.25) is 9.59 Å². The van der Waals surface area contributed by atoms with E-state index in [4.69, 9.17) is 20.9 Å². The molecule has 0 spiro atoms. The van der Waals surface area contributed by atoms with Crippen LogP contribution in [0.25, 0.3) is 0 Å². The number of carbonyl (C=O) groups excluding carboxylic acids is 2. The summed E-state index contributed by atoms with van der Waals surface area (Å²) in [5.41, 5.74) is 8.41. The van der Waals surface area contributed by atoms with Crippen LogP contribution in [0.4, 0.5) is 8.78 Å². The number of alkyl halides is 2. The molecule has 0 saturated carbocycles. The van der Waals surface area contributed by atoms with Crippen LogP contribution in [0.5, 0.6) is 0 Å². The molecule has 0 heterocycles. The van der Waals surface area contributed by atoms with Crippen molar-refractivity contribution in [1.29, 1.82) is 0 Å². The summed E-state index contributed by atoms with van der Waals surface area (Å²) < 4.78 is 37.6. The van der Waals surface area contributed by atoms with Crippen molar-refractivity contribution in [3.8, 4) is 0 Å². The van der Waals surface area contributed by atoms with Gasteiger partial charge in [0.1, 0.15) is 11.2 Å². The Morgan fingerprint density at radius 2 is 1.05 bits per heavy atom. The number of hydrogen-bond acceptors (Lipinski definition) is 6. The lowest BCUT2D eigenvalue weighted by molar-refractivity contribution is -0.176. The molecule has 124 valence electrons. The quantitative estimate of drug-likeness (QED) is 0.749. The normalized spacial score (nSPS) is 16.1. The smallest absolute Gasteiger partial charge is 0.329 e. The van der Waals surface area contributed by atoms with Crippen LogP contribution >= 0.6 is 0 Å². The lowest BCUT2D eigenvalue weighted by Crippen LogP contribution is -2.61. The first-order valence-corrected chi connectivity index (χ1v) is 6.42. The first kappa shape index (κ1) is 19.7. The second kappa shape index (κ2) is 6.23.